The van der Waals surface area contributed by atoms with Gasteiger partial charge in [0.1, 0.15) is 5.75 Å². The van der Waals surface area contributed by atoms with Crippen molar-refractivity contribution in [3.8, 4) is 5.75 Å². The minimum atomic E-state index is -0.659. The number of aliphatic hydroxyl groups is 1. The Morgan fingerprint density at radius 3 is 2.67 bits per heavy atom. The van der Waals surface area contributed by atoms with Crippen LogP contribution < -0.4 is 10.1 Å². The average molecular weight is 350 g/mol. The van der Waals surface area contributed by atoms with E-state index >= 15 is 0 Å². The molecule has 1 atom stereocenters. The first-order valence-electron chi connectivity index (χ1n) is 6.45. The fraction of sp³-hybridized carbons (Fsp3) is 0.188. The number of ether oxygens (including phenoxy) is 1. The van der Waals surface area contributed by atoms with E-state index in [9.17, 15) is 9.90 Å². The van der Waals surface area contributed by atoms with Gasteiger partial charge in [0.05, 0.1) is 18.8 Å². The van der Waals surface area contributed by atoms with Crippen molar-refractivity contribution in [3.05, 3.63) is 58.1 Å². The second-order valence-electron chi connectivity index (χ2n) is 4.56. The van der Waals surface area contributed by atoms with E-state index < -0.39 is 6.10 Å². The molecule has 0 saturated heterocycles. The second-order valence-corrected chi connectivity index (χ2v) is 5.48. The summed E-state index contributed by atoms with van der Waals surface area (Å²) >= 11 is 3.34. The molecule has 4 nitrogen and oxygen atoms in total. The SMILES string of the molecule is COc1cc(Br)ccc1C(=O)Nc1ccccc1C(C)O. The van der Waals surface area contributed by atoms with E-state index in [0.29, 0.717) is 22.6 Å². The highest BCUT2D eigenvalue weighted by molar-refractivity contribution is 9.10. The quantitative estimate of drug-likeness (QED) is 0.883. The first-order valence-corrected chi connectivity index (χ1v) is 7.24. The lowest BCUT2D eigenvalue weighted by atomic mass is 10.1. The van der Waals surface area contributed by atoms with Crippen LogP contribution in [-0.4, -0.2) is 18.1 Å². The van der Waals surface area contributed by atoms with Gasteiger partial charge < -0.3 is 15.2 Å². The number of amides is 1. The Bertz CT molecular complexity index is 656. The molecular weight excluding hydrogens is 334 g/mol. The molecule has 110 valence electrons. The number of hydrogen-bond acceptors (Lipinski definition) is 3. The van der Waals surface area contributed by atoms with Gasteiger partial charge in [-0.05, 0) is 31.2 Å². The largest absolute Gasteiger partial charge is 0.496 e. The summed E-state index contributed by atoms with van der Waals surface area (Å²) in [5.74, 6) is 0.198. The molecule has 2 aromatic carbocycles. The number of aliphatic hydroxyl groups excluding tert-OH is 1. The maximum atomic E-state index is 12.4. The molecular formula is C16H16BrNO3. The van der Waals surface area contributed by atoms with Crippen LogP contribution in [-0.2, 0) is 0 Å². The van der Waals surface area contributed by atoms with Crippen LogP contribution in [0.3, 0.4) is 0 Å². The highest BCUT2D eigenvalue weighted by Gasteiger charge is 2.15. The molecule has 1 unspecified atom stereocenters. The number of methoxy groups -OCH3 is 1. The van der Waals surface area contributed by atoms with E-state index in [4.69, 9.17) is 4.74 Å². The van der Waals surface area contributed by atoms with Crippen molar-refractivity contribution < 1.29 is 14.6 Å². The lowest BCUT2D eigenvalue weighted by Gasteiger charge is -2.14. The molecule has 0 saturated carbocycles. The zero-order chi connectivity index (χ0) is 15.4. The van der Waals surface area contributed by atoms with E-state index in [1.54, 1.807) is 43.3 Å². The molecule has 0 bridgehead atoms. The predicted molar refractivity (Wildman–Crippen MR) is 85.7 cm³/mol. The molecule has 2 aromatic rings. The Morgan fingerprint density at radius 1 is 1.29 bits per heavy atom. The molecule has 2 N–H and O–H groups in total. The number of carbonyl (C=O) groups is 1. The average Bonchev–Trinajstić information content (AvgIpc) is 2.47. The van der Waals surface area contributed by atoms with Crippen LogP contribution in [0.5, 0.6) is 5.75 Å². The van der Waals surface area contributed by atoms with Crippen molar-refractivity contribution >= 4 is 27.5 Å². The van der Waals surface area contributed by atoms with E-state index in [0.717, 1.165) is 4.47 Å². The van der Waals surface area contributed by atoms with Crippen LogP contribution >= 0.6 is 15.9 Å². The van der Waals surface area contributed by atoms with Crippen molar-refractivity contribution in [2.75, 3.05) is 12.4 Å². The number of carbonyl (C=O) groups excluding carboxylic acids is 1. The number of benzene rings is 2. The van der Waals surface area contributed by atoms with Crippen molar-refractivity contribution in [2.24, 2.45) is 0 Å². The molecule has 0 aliphatic carbocycles. The number of halogens is 1. The molecule has 0 fully saturated rings. The monoisotopic (exact) mass is 349 g/mol. The molecule has 2 rings (SSSR count). The van der Waals surface area contributed by atoms with Gasteiger partial charge in [-0.3, -0.25) is 4.79 Å². The van der Waals surface area contributed by atoms with Crippen LogP contribution in [0.2, 0.25) is 0 Å². The molecule has 0 aliphatic heterocycles. The molecule has 0 radical (unpaired) electrons. The van der Waals surface area contributed by atoms with Gasteiger partial charge in [0, 0.05) is 15.7 Å². The number of para-hydroxylation sites is 1. The summed E-state index contributed by atoms with van der Waals surface area (Å²) < 4.78 is 6.06. The fourth-order valence-electron chi connectivity index (χ4n) is 2.02. The normalized spacial score (nSPS) is 11.8. The first-order chi connectivity index (χ1) is 10.0. The Labute approximate surface area is 131 Å². The first kappa shape index (κ1) is 15.5. The molecule has 0 heterocycles. The highest BCUT2D eigenvalue weighted by atomic mass is 79.9. The van der Waals surface area contributed by atoms with E-state index in [-0.39, 0.29) is 5.91 Å². The standard InChI is InChI=1S/C16H16BrNO3/c1-10(19)12-5-3-4-6-14(12)18-16(20)13-8-7-11(17)9-15(13)21-2/h3-10,19H,1-2H3,(H,18,20). The number of nitrogens with one attached hydrogen (secondary N) is 1. The Kier molecular flexibility index (Phi) is 4.98. The maximum Gasteiger partial charge on any atom is 0.259 e. The van der Waals surface area contributed by atoms with Crippen LogP contribution in [0, 0.1) is 0 Å². The summed E-state index contributed by atoms with van der Waals surface area (Å²) in [5.41, 5.74) is 1.69. The third kappa shape index (κ3) is 3.62. The zero-order valence-electron chi connectivity index (χ0n) is 11.8. The van der Waals surface area contributed by atoms with Crippen LogP contribution in [0.1, 0.15) is 28.9 Å². The summed E-state index contributed by atoms with van der Waals surface area (Å²) in [6.45, 7) is 1.66. The van der Waals surface area contributed by atoms with Gasteiger partial charge in [-0.2, -0.15) is 0 Å². The van der Waals surface area contributed by atoms with Crippen LogP contribution in [0.4, 0.5) is 5.69 Å². The third-order valence-corrected chi connectivity index (χ3v) is 3.56. The predicted octanol–water partition coefficient (Wildman–Crippen LogP) is 3.76. The van der Waals surface area contributed by atoms with Crippen molar-refractivity contribution in [1.29, 1.82) is 0 Å². The molecule has 0 spiro atoms. The van der Waals surface area contributed by atoms with Crippen molar-refractivity contribution in [1.82, 2.24) is 0 Å². The zero-order valence-corrected chi connectivity index (χ0v) is 13.3. The fourth-order valence-corrected chi connectivity index (χ4v) is 2.36. The number of anilines is 1. The third-order valence-electron chi connectivity index (χ3n) is 3.07. The second kappa shape index (κ2) is 6.74. The van der Waals surface area contributed by atoms with Gasteiger partial charge >= 0.3 is 0 Å². The topological polar surface area (TPSA) is 58.6 Å². The van der Waals surface area contributed by atoms with Gasteiger partial charge in [-0.1, -0.05) is 34.1 Å². The molecule has 5 heteroatoms. The van der Waals surface area contributed by atoms with Gasteiger partial charge in [0.2, 0.25) is 0 Å². The van der Waals surface area contributed by atoms with Crippen LogP contribution in [0.25, 0.3) is 0 Å². The van der Waals surface area contributed by atoms with Gasteiger partial charge in [-0.25, -0.2) is 0 Å². The Balaban J connectivity index is 2.31. The lowest BCUT2D eigenvalue weighted by molar-refractivity contribution is 0.102. The van der Waals surface area contributed by atoms with Crippen molar-refractivity contribution in [2.45, 2.75) is 13.0 Å². The molecule has 0 aliphatic rings. The highest BCUT2D eigenvalue weighted by Crippen LogP contribution is 2.26. The Morgan fingerprint density at radius 2 is 2.00 bits per heavy atom. The van der Waals surface area contributed by atoms with Crippen LogP contribution in [0.15, 0.2) is 46.9 Å². The minimum Gasteiger partial charge on any atom is -0.496 e. The summed E-state index contributed by atoms with van der Waals surface area (Å²) in [6, 6.07) is 12.3. The molecule has 21 heavy (non-hydrogen) atoms. The summed E-state index contributed by atoms with van der Waals surface area (Å²) in [4.78, 5) is 12.4. The lowest BCUT2D eigenvalue weighted by Crippen LogP contribution is -2.15. The minimum absolute atomic E-state index is 0.285. The summed E-state index contributed by atoms with van der Waals surface area (Å²) in [6.07, 6.45) is -0.659. The van der Waals surface area contributed by atoms with E-state index in [2.05, 4.69) is 21.2 Å². The van der Waals surface area contributed by atoms with Gasteiger partial charge in [0.25, 0.3) is 5.91 Å². The maximum absolute atomic E-state index is 12.4. The molecule has 1 amide bonds. The number of hydrogen-bond donors (Lipinski definition) is 2. The molecule has 0 aromatic heterocycles. The Hall–Kier alpha value is -1.85. The summed E-state index contributed by atoms with van der Waals surface area (Å²) in [7, 11) is 1.52. The van der Waals surface area contributed by atoms with E-state index in [1.165, 1.54) is 7.11 Å². The van der Waals surface area contributed by atoms with Gasteiger partial charge in [-0.15, -0.1) is 0 Å². The van der Waals surface area contributed by atoms with Gasteiger partial charge in [0.15, 0.2) is 0 Å². The van der Waals surface area contributed by atoms with Crippen molar-refractivity contribution in [3.63, 3.8) is 0 Å². The number of rotatable bonds is 4. The summed E-state index contributed by atoms with van der Waals surface area (Å²) in [5, 5.41) is 12.6. The smallest absolute Gasteiger partial charge is 0.259 e. The van der Waals surface area contributed by atoms with E-state index in [1.807, 2.05) is 6.07 Å².